The quantitative estimate of drug-likeness (QED) is 0.832. The number of nitrogens with one attached hydrogen (secondary N) is 2. The zero-order valence-corrected chi connectivity index (χ0v) is 12.6. The minimum Gasteiger partial charge on any atom is -0.492 e. The molecule has 0 spiro atoms. The molecule has 0 aromatic heterocycles. The van der Waals surface area contributed by atoms with E-state index in [1.807, 2.05) is 0 Å². The molecule has 0 saturated carbocycles. The van der Waals surface area contributed by atoms with Crippen molar-refractivity contribution in [1.82, 2.24) is 10.0 Å². The van der Waals surface area contributed by atoms with E-state index in [2.05, 4.69) is 10.0 Å². The number of sulfonamides is 1. The molecular weight excluding hydrogens is 276 g/mol. The second kappa shape index (κ2) is 7.06. The summed E-state index contributed by atoms with van der Waals surface area (Å²) < 4.78 is 32.4. The standard InChI is InChI=1S/C14H22N2O3S/c1-2-16-20(17,18)14-8-4-3-7-13(14)19-11-12-6-5-9-15-10-12/h3-4,7-8,12,15-16H,2,5-6,9-11H2,1H3. The van der Waals surface area contributed by atoms with Crippen LogP contribution in [0.25, 0.3) is 0 Å². The van der Waals surface area contributed by atoms with Gasteiger partial charge in [0.1, 0.15) is 10.6 Å². The van der Waals surface area contributed by atoms with Crippen LogP contribution in [0.5, 0.6) is 5.75 Å². The Balaban J connectivity index is 2.07. The zero-order chi connectivity index (χ0) is 14.4. The van der Waals surface area contributed by atoms with Crippen molar-refractivity contribution in [3.05, 3.63) is 24.3 Å². The average molecular weight is 298 g/mol. The third-order valence-electron chi connectivity index (χ3n) is 3.35. The summed E-state index contributed by atoms with van der Waals surface area (Å²) in [6.45, 7) is 4.66. The lowest BCUT2D eigenvalue weighted by molar-refractivity contribution is 0.214. The summed E-state index contributed by atoms with van der Waals surface area (Å²) in [6, 6.07) is 6.78. The first-order chi connectivity index (χ1) is 9.63. The fourth-order valence-corrected chi connectivity index (χ4v) is 3.52. The van der Waals surface area contributed by atoms with E-state index in [9.17, 15) is 8.42 Å². The molecule has 1 fully saturated rings. The van der Waals surface area contributed by atoms with Gasteiger partial charge in [-0.3, -0.25) is 0 Å². The van der Waals surface area contributed by atoms with Crippen molar-refractivity contribution in [2.75, 3.05) is 26.2 Å². The van der Waals surface area contributed by atoms with Crippen molar-refractivity contribution in [2.45, 2.75) is 24.7 Å². The molecule has 112 valence electrons. The van der Waals surface area contributed by atoms with Gasteiger partial charge in [-0.05, 0) is 31.5 Å². The molecular formula is C14H22N2O3S. The molecule has 1 aliphatic heterocycles. The van der Waals surface area contributed by atoms with Crippen LogP contribution in [-0.4, -0.2) is 34.7 Å². The van der Waals surface area contributed by atoms with Crippen molar-refractivity contribution in [1.29, 1.82) is 0 Å². The van der Waals surface area contributed by atoms with E-state index in [0.29, 0.717) is 24.8 Å². The molecule has 1 aliphatic rings. The van der Waals surface area contributed by atoms with Crippen molar-refractivity contribution in [3.8, 4) is 5.75 Å². The largest absolute Gasteiger partial charge is 0.492 e. The highest BCUT2D eigenvalue weighted by Crippen LogP contribution is 2.24. The van der Waals surface area contributed by atoms with Crippen LogP contribution in [0, 0.1) is 5.92 Å². The van der Waals surface area contributed by atoms with Crippen LogP contribution < -0.4 is 14.8 Å². The fraction of sp³-hybridized carbons (Fsp3) is 0.571. The van der Waals surface area contributed by atoms with Crippen LogP contribution in [0.3, 0.4) is 0 Å². The summed E-state index contributed by atoms with van der Waals surface area (Å²) in [7, 11) is -3.48. The Morgan fingerprint density at radius 3 is 2.90 bits per heavy atom. The highest BCUT2D eigenvalue weighted by molar-refractivity contribution is 7.89. The summed E-state index contributed by atoms with van der Waals surface area (Å²) >= 11 is 0. The van der Waals surface area contributed by atoms with Gasteiger partial charge in [-0.15, -0.1) is 0 Å². The molecule has 1 saturated heterocycles. The van der Waals surface area contributed by atoms with E-state index in [1.165, 1.54) is 0 Å². The van der Waals surface area contributed by atoms with Gasteiger partial charge < -0.3 is 10.1 Å². The predicted molar refractivity (Wildman–Crippen MR) is 78.4 cm³/mol. The van der Waals surface area contributed by atoms with E-state index < -0.39 is 10.0 Å². The molecule has 1 aromatic rings. The molecule has 0 bridgehead atoms. The minimum atomic E-state index is -3.48. The molecule has 2 N–H and O–H groups in total. The molecule has 2 rings (SSSR count). The number of para-hydroxylation sites is 1. The topological polar surface area (TPSA) is 67.4 Å². The van der Waals surface area contributed by atoms with Crippen LogP contribution in [-0.2, 0) is 10.0 Å². The second-order valence-corrected chi connectivity index (χ2v) is 6.71. The van der Waals surface area contributed by atoms with Crippen molar-refractivity contribution in [3.63, 3.8) is 0 Å². The normalized spacial score (nSPS) is 19.8. The van der Waals surface area contributed by atoms with Crippen molar-refractivity contribution >= 4 is 10.0 Å². The van der Waals surface area contributed by atoms with Gasteiger partial charge in [0, 0.05) is 19.0 Å². The summed E-state index contributed by atoms with van der Waals surface area (Å²) in [6.07, 6.45) is 2.26. The average Bonchev–Trinajstić information content (AvgIpc) is 2.46. The maximum Gasteiger partial charge on any atom is 0.244 e. The third-order valence-corrected chi connectivity index (χ3v) is 4.93. The Morgan fingerprint density at radius 2 is 2.20 bits per heavy atom. The zero-order valence-electron chi connectivity index (χ0n) is 11.8. The lowest BCUT2D eigenvalue weighted by Crippen LogP contribution is -2.33. The number of rotatable bonds is 6. The number of benzene rings is 1. The van der Waals surface area contributed by atoms with Gasteiger partial charge in [0.25, 0.3) is 0 Å². The maximum absolute atomic E-state index is 12.1. The molecule has 6 heteroatoms. The van der Waals surface area contributed by atoms with E-state index in [0.717, 1.165) is 25.9 Å². The molecule has 0 aliphatic carbocycles. The number of piperidine rings is 1. The molecule has 1 heterocycles. The lowest BCUT2D eigenvalue weighted by Gasteiger charge is -2.23. The van der Waals surface area contributed by atoms with Gasteiger partial charge in [-0.25, -0.2) is 13.1 Å². The van der Waals surface area contributed by atoms with E-state index in [4.69, 9.17) is 4.74 Å². The SMILES string of the molecule is CCNS(=O)(=O)c1ccccc1OCC1CCCNC1. The molecule has 1 aromatic carbocycles. The highest BCUT2D eigenvalue weighted by atomic mass is 32.2. The highest BCUT2D eigenvalue weighted by Gasteiger charge is 2.20. The predicted octanol–water partition coefficient (Wildman–Crippen LogP) is 1.36. The van der Waals surface area contributed by atoms with Crippen LogP contribution in [0.4, 0.5) is 0 Å². The Kier molecular flexibility index (Phi) is 5.39. The van der Waals surface area contributed by atoms with Crippen LogP contribution in [0.1, 0.15) is 19.8 Å². The van der Waals surface area contributed by atoms with Crippen LogP contribution in [0.15, 0.2) is 29.2 Å². The number of hydrogen-bond acceptors (Lipinski definition) is 4. The first-order valence-electron chi connectivity index (χ1n) is 7.05. The van der Waals surface area contributed by atoms with Crippen LogP contribution >= 0.6 is 0 Å². The van der Waals surface area contributed by atoms with Gasteiger partial charge in [0.05, 0.1) is 6.61 Å². The summed E-state index contributed by atoms with van der Waals surface area (Å²) in [5.74, 6) is 0.873. The summed E-state index contributed by atoms with van der Waals surface area (Å²) in [5.41, 5.74) is 0. The van der Waals surface area contributed by atoms with E-state index in [1.54, 1.807) is 31.2 Å². The Bertz CT molecular complexity index is 525. The van der Waals surface area contributed by atoms with E-state index in [-0.39, 0.29) is 4.90 Å². The van der Waals surface area contributed by atoms with Crippen molar-refractivity contribution < 1.29 is 13.2 Å². The van der Waals surface area contributed by atoms with Gasteiger partial charge in [-0.1, -0.05) is 19.1 Å². The molecule has 0 radical (unpaired) electrons. The smallest absolute Gasteiger partial charge is 0.244 e. The van der Waals surface area contributed by atoms with Crippen LogP contribution in [0.2, 0.25) is 0 Å². The molecule has 1 atom stereocenters. The first kappa shape index (κ1) is 15.3. The second-order valence-electron chi connectivity index (χ2n) is 4.97. The van der Waals surface area contributed by atoms with Gasteiger partial charge in [0.15, 0.2) is 0 Å². The van der Waals surface area contributed by atoms with Gasteiger partial charge >= 0.3 is 0 Å². The van der Waals surface area contributed by atoms with Gasteiger partial charge in [0.2, 0.25) is 10.0 Å². The minimum absolute atomic E-state index is 0.214. The summed E-state index contributed by atoms with van der Waals surface area (Å²) in [4.78, 5) is 0.214. The monoisotopic (exact) mass is 298 g/mol. The third kappa shape index (κ3) is 3.94. The Labute approximate surface area is 120 Å². The molecule has 1 unspecified atom stereocenters. The Hall–Kier alpha value is -1.11. The first-order valence-corrected chi connectivity index (χ1v) is 8.54. The summed E-state index contributed by atoms with van der Waals surface area (Å²) in [5, 5.41) is 3.33. The van der Waals surface area contributed by atoms with Crippen molar-refractivity contribution in [2.24, 2.45) is 5.92 Å². The maximum atomic E-state index is 12.1. The number of hydrogen-bond donors (Lipinski definition) is 2. The number of ether oxygens (including phenoxy) is 1. The lowest BCUT2D eigenvalue weighted by atomic mass is 10.0. The Morgan fingerprint density at radius 1 is 1.40 bits per heavy atom. The van der Waals surface area contributed by atoms with E-state index >= 15 is 0 Å². The molecule has 0 amide bonds. The molecule has 5 nitrogen and oxygen atoms in total. The molecule has 20 heavy (non-hydrogen) atoms. The van der Waals surface area contributed by atoms with Gasteiger partial charge in [-0.2, -0.15) is 0 Å². The fourth-order valence-electron chi connectivity index (χ4n) is 2.33.